The summed E-state index contributed by atoms with van der Waals surface area (Å²) >= 11 is 5.90. The van der Waals surface area contributed by atoms with Gasteiger partial charge in [0, 0.05) is 28.8 Å². The van der Waals surface area contributed by atoms with E-state index in [9.17, 15) is 32.7 Å². The van der Waals surface area contributed by atoms with Crippen molar-refractivity contribution in [3.8, 4) is 5.75 Å². The van der Waals surface area contributed by atoms with Crippen molar-refractivity contribution in [3.05, 3.63) is 93.3 Å². The molecule has 3 aromatic carbocycles. The number of carboxylic acid groups (broad SMARTS) is 1. The van der Waals surface area contributed by atoms with Crippen molar-refractivity contribution in [2.45, 2.75) is 31.4 Å². The van der Waals surface area contributed by atoms with Crippen LogP contribution in [0.15, 0.2) is 42.5 Å². The number of halogens is 6. The molecule has 210 valence electrons. The summed E-state index contributed by atoms with van der Waals surface area (Å²) in [6.45, 7) is 1.88. The molecule has 3 aromatic rings. The van der Waals surface area contributed by atoms with Gasteiger partial charge >= 0.3 is 5.97 Å². The first kappa shape index (κ1) is 28.8. The number of methoxy groups -OCH3 is 1. The molecule has 0 fully saturated rings. The van der Waals surface area contributed by atoms with Gasteiger partial charge in [-0.05, 0) is 55.0 Å². The zero-order valence-electron chi connectivity index (χ0n) is 20.9. The van der Waals surface area contributed by atoms with Gasteiger partial charge < -0.3 is 24.3 Å². The van der Waals surface area contributed by atoms with Gasteiger partial charge in [0.15, 0.2) is 29.4 Å². The molecule has 1 aliphatic heterocycles. The number of esters is 1. The predicted molar refractivity (Wildman–Crippen MR) is 128 cm³/mol. The summed E-state index contributed by atoms with van der Waals surface area (Å²) in [6, 6.07) is 7.19. The van der Waals surface area contributed by atoms with Crippen molar-refractivity contribution in [3.63, 3.8) is 0 Å². The fourth-order valence-corrected chi connectivity index (χ4v) is 5.26. The highest BCUT2D eigenvalue weighted by Gasteiger charge is 2.61. The zero-order valence-corrected chi connectivity index (χ0v) is 21.6. The largest absolute Gasteiger partial charge is 0.546 e. The summed E-state index contributed by atoms with van der Waals surface area (Å²) in [7, 11) is 1.19. The van der Waals surface area contributed by atoms with Crippen LogP contribution in [-0.2, 0) is 19.7 Å². The Hall–Kier alpha value is -4.19. The molecule has 0 bridgehead atoms. The van der Waals surface area contributed by atoms with Crippen LogP contribution in [0.3, 0.4) is 0 Å². The SMILES string of the molecule is COc1ccc2c(c1)C(c1c(F)c(F)c(F)c(F)c1F)(C(OC(C)=O)C(=O)[O-])C(C)N2C(=O)c1ccc(Cl)cc1. The number of benzene rings is 3. The second-order valence-electron chi connectivity index (χ2n) is 8.86. The van der Waals surface area contributed by atoms with Gasteiger partial charge in [-0.25, -0.2) is 22.0 Å². The Morgan fingerprint density at radius 2 is 1.50 bits per heavy atom. The highest BCUT2D eigenvalue weighted by molar-refractivity contribution is 6.30. The molecule has 0 saturated heterocycles. The first-order chi connectivity index (χ1) is 18.8. The molecule has 13 heteroatoms. The second-order valence-corrected chi connectivity index (χ2v) is 9.30. The summed E-state index contributed by atoms with van der Waals surface area (Å²) in [5.74, 6) is -16.5. The average molecular weight is 583 g/mol. The van der Waals surface area contributed by atoms with E-state index in [2.05, 4.69) is 0 Å². The van der Waals surface area contributed by atoms with Crippen molar-refractivity contribution in [2.24, 2.45) is 0 Å². The Bertz CT molecular complexity index is 1520. The predicted octanol–water partition coefficient (Wildman–Crippen LogP) is 4.06. The maximum atomic E-state index is 15.6. The summed E-state index contributed by atoms with van der Waals surface area (Å²) < 4.78 is 84.6. The van der Waals surface area contributed by atoms with E-state index in [0.717, 1.165) is 24.8 Å². The quantitative estimate of drug-likeness (QED) is 0.188. The van der Waals surface area contributed by atoms with Crippen LogP contribution < -0.4 is 14.7 Å². The number of amides is 1. The fourth-order valence-electron chi connectivity index (χ4n) is 5.13. The lowest BCUT2D eigenvalue weighted by Crippen LogP contribution is -2.60. The van der Waals surface area contributed by atoms with E-state index < -0.39 is 75.6 Å². The number of fused-ring (bicyclic) bond motifs is 1. The molecular formula is C27H18ClF5NO6-. The van der Waals surface area contributed by atoms with Crippen molar-refractivity contribution in [1.29, 1.82) is 0 Å². The van der Waals surface area contributed by atoms with Crippen molar-refractivity contribution in [1.82, 2.24) is 0 Å². The molecule has 40 heavy (non-hydrogen) atoms. The Labute approximate surface area is 228 Å². The number of aliphatic carboxylic acids is 1. The average Bonchev–Trinajstić information content (AvgIpc) is 3.17. The van der Waals surface area contributed by atoms with Crippen LogP contribution in [0, 0.1) is 29.1 Å². The van der Waals surface area contributed by atoms with Gasteiger partial charge in [0.05, 0.1) is 24.5 Å². The van der Waals surface area contributed by atoms with Crippen molar-refractivity contribution in [2.75, 3.05) is 12.0 Å². The zero-order chi connectivity index (χ0) is 29.7. The van der Waals surface area contributed by atoms with Crippen LogP contribution in [-0.4, -0.2) is 37.1 Å². The van der Waals surface area contributed by atoms with Gasteiger partial charge in [-0.1, -0.05) is 11.6 Å². The molecule has 0 N–H and O–H groups in total. The molecule has 0 spiro atoms. The molecule has 1 amide bonds. The number of carbonyl (C=O) groups is 3. The summed E-state index contributed by atoms with van der Waals surface area (Å²) in [5, 5.41) is 12.8. The first-order valence-corrected chi connectivity index (χ1v) is 11.8. The minimum absolute atomic E-state index is 0.0243. The third-order valence-electron chi connectivity index (χ3n) is 6.80. The second kappa shape index (κ2) is 10.4. The lowest BCUT2D eigenvalue weighted by Gasteiger charge is -2.43. The summed E-state index contributed by atoms with van der Waals surface area (Å²) in [4.78, 5) is 39.2. The van der Waals surface area contributed by atoms with Crippen LogP contribution in [0.4, 0.5) is 27.6 Å². The molecule has 1 heterocycles. The van der Waals surface area contributed by atoms with Crippen molar-refractivity contribution >= 4 is 35.1 Å². The number of carbonyl (C=O) groups excluding carboxylic acids is 3. The Balaban J connectivity index is 2.19. The topological polar surface area (TPSA) is 96.0 Å². The molecule has 0 saturated carbocycles. The third-order valence-corrected chi connectivity index (χ3v) is 7.05. The highest BCUT2D eigenvalue weighted by Crippen LogP contribution is 2.55. The standard InChI is InChI=1S/C27H19ClF5NO6/c1-11-27(24(26(37)38)40-12(2)35,18-19(29)21(31)23(33)22(32)20(18)30)16-10-15(39-3)8-9-17(16)34(11)25(36)13-4-6-14(28)7-5-13/h4-11,24H,1-3H3,(H,37,38)/p-1. The minimum atomic E-state index is -2.93. The van der Waals surface area contributed by atoms with Crippen LogP contribution in [0.5, 0.6) is 5.75 Å². The lowest BCUT2D eigenvalue weighted by molar-refractivity contribution is -0.318. The number of nitrogens with zero attached hydrogens (tertiary/aromatic N) is 1. The van der Waals surface area contributed by atoms with Gasteiger partial charge in [0.1, 0.15) is 5.75 Å². The van der Waals surface area contributed by atoms with Crippen LogP contribution in [0.1, 0.15) is 35.3 Å². The number of rotatable bonds is 6. The van der Waals surface area contributed by atoms with Crippen molar-refractivity contribution < 1.29 is 50.9 Å². The van der Waals surface area contributed by atoms with E-state index in [1.807, 2.05) is 0 Å². The number of anilines is 1. The van der Waals surface area contributed by atoms with Crippen LogP contribution in [0.2, 0.25) is 5.02 Å². The number of hydrogen-bond acceptors (Lipinski definition) is 6. The molecule has 0 radical (unpaired) electrons. The summed E-state index contributed by atoms with van der Waals surface area (Å²) in [5.41, 5.74) is -5.23. The molecule has 0 aliphatic carbocycles. The van der Waals surface area contributed by atoms with Gasteiger partial charge in [-0.15, -0.1) is 0 Å². The minimum Gasteiger partial charge on any atom is -0.546 e. The monoisotopic (exact) mass is 582 g/mol. The van der Waals surface area contributed by atoms with Crippen LogP contribution >= 0.6 is 11.6 Å². The molecule has 1 aliphatic rings. The molecular weight excluding hydrogens is 565 g/mol. The molecule has 4 rings (SSSR count). The van der Waals surface area contributed by atoms with Crippen LogP contribution in [0.25, 0.3) is 0 Å². The van der Waals surface area contributed by atoms with E-state index >= 15 is 8.78 Å². The first-order valence-electron chi connectivity index (χ1n) is 11.5. The van der Waals surface area contributed by atoms with E-state index in [4.69, 9.17) is 21.1 Å². The van der Waals surface area contributed by atoms with Gasteiger partial charge in [-0.3, -0.25) is 9.59 Å². The Morgan fingerprint density at radius 3 is 2.00 bits per heavy atom. The number of carboxylic acids is 1. The van der Waals surface area contributed by atoms with Gasteiger partial charge in [0.25, 0.3) is 5.91 Å². The lowest BCUT2D eigenvalue weighted by atomic mass is 9.66. The maximum absolute atomic E-state index is 15.6. The smallest absolute Gasteiger partial charge is 0.303 e. The van der Waals surface area contributed by atoms with E-state index in [1.165, 1.54) is 43.5 Å². The molecule has 0 aromatic heterocycles. The third kappa shape index (κ3) is 4.23. The Kier molecular flexibility index (Phi) is 7.50. The van der Waals surface area contributed by atoms with E-state index in [1.54, 1.807) is 0 Å². The van der Waals surface area contributed by atoms with Gasteiger partial charge in [-0.2, -0.15) is 0 Å². The fraction of sp³-hybridized carbons (Fsp3) is 0.222. The summed E-state index contributed by atoms with van der Waals surface area (Å²) in [6.07, 6.45) is -2.69. The number of ether oxygens (including phenoxy) is 2. The molecule has 3 atom stereocenters. The molecule has 7 nitrogen and oxygen atoms in total. The van der Waals surface area contributed by atoms with E-state index in [-0.39, 0.29) is 22.0 Å². The normalized spacial score (nSPS) is 18.7. The van der Waals surface area contributed by atoms with Gasteiger partial charge in [0.2, 0.25) is 5.82 Å². The Morgan fingerprint density at radius 1 is 0.950 bits per heavy atom. The molecule has 3 unspecified atom stereocenters. The van der Waals surface area contributed by atoms with E-state index in [0.29, 0.717) is 0 Å². The highest BCUT2D eigenvalue weighted by atomic mass is 35.5. The maximum Gasteiger partial charge on any atom is 0.303 e. The number of hydrogen-bond donors (Lipinski definition) is 0.